The zero-order chi connectivity index (χ0) is 23.7. The summed E-state index contributed by atoms with van der Waals surface area (Å²) in [6, 6.07) is 12.8. The molecule has 2 aliphatic heterocycles. The molecule has 0 bridgehead atoms. The molecule has 3 heterocycles. The molecule has 0 spiro atoms. The summed E-state index contributed by atoms with van der Waals surface area (Å²) in [5.74, 6) is -0.436. The minimum atomic E-state index is -0.710. The molecule has 2 aromatic carbocycles. The number of ketones is 1. The van der Waals surface area contributed by atoms with Gasteiger partial charge in [0, 0.05) is 34.6 Å². The van der Waals surface area contributed by atoms with Gasteiger partial charge in [0.15, 0.2) is 5.78 Å². The number of alkyl halides is 1. The van der Waals surface area contributed by atoms with Crippen molar-refractivity contribution in [1.82, 2.24) is 15.0 Å². The van der Waals surface area contributed by atoms with Crippen molar-refractivity contribution in [3.05, 3.63) is 70.8 Å². The van der Waals surface area contributed by atoms with E-state index in [0.29, 0.717) is 10.8 Å². The smallest absolute Gasteiger partial charge is 0.258 e. The second kappa shape index (κ2) is 9.28. The van der Waals surface area contributed by atoms with Crippen LogP contribution in [0.15, 0.2) is 75.5 Å². The van der Waals surface area contributed by atoms with Crippen molar-refractivity contribution in [2.45, 2.75) is 6.42 Å². The molecule has 3 aromatic rings. The van der Waals surface area contributed by atoms with Gasteiger partial charge in [0.1, 0.15) is 29.5 Å². The zero-order valence-corrected chi connectivity index (χ0v) is 19.2. The first-order valence-corrected chi connectivity index (χ1v) is 11.3. The van der Waals surface area contributed by atoms with E-state index < -0.39 is 5.92 Å². The molecule has 0 fully saturated rings. The number of nitrogens with one attached hydrogen (secondary N) is 1. The van der Waals surface area contributed by atoms with Crippen LogP contribution in [-0.2, 0) is 16.0 Å². The van der Waals surface area contributed by atoms with E-state index in [1.165, 1.54) is 17.6 Å². The van der Waals surface area contributed by atoms with Gasteiger partial charge in [-0.2, -0.15) is 0 Å². The number of nitrogens with zero attached hydrogens (tertiary/aromatic N) is 6. The molecule has 34 heavy (non-hydrogen) atoms. The minimum absolute atomic E-state index is 0.0689. The molecular formula is C23H17Cl2N7O2. The molecule has 5 rings (SSSR count). The van der Waals surface area contributed by atoms with Crippen LogP contribution in [0.5, 0.6) is 0 Å². The second-order valence-electron chi connectivity index (χ2n) is 7.64. The van der Waals surface area contributed by atoms with Gasteiger partial charge in [-0.3, -0.25) is 14.6 Å². The van der Waals surface area contributed by atoms with Gasteiger partial charge in [0.25, 0.3) is 5.91 Å². The Morgan fingerprint density at radius 1 is 1.15 bits per heavy atom. The van der Waals surface area contributed by atoms with Crippen LogP contribution < -0.4 is 5.32 Å². The molecule has 1 amide bonds. The largest absolute Gasteiger partial charge is 0.340 e. The van der Waals surface area contributed by atoms with Gasteiger partial charge in [-0.05, 0) is 35.9 Å². The Morgan fingerprint density at radius 3 is 2.85 bits per heavy atom. The Labute approximate surface area is 204 Å². The van der Waals surface area contributed by atoms with E-state index in [4.69, 9.17) is 23.2 Å². The number of benzene rings is 2. The summed E-state index contributed by atoms with van der Waals surface area (Å²) in [5.41, 5.74) is 2.67. The fourth-order valence-electron chi connectivity index (χ4n) is 3.77. The number of anilines is 2. The molecule has 170 valence electrons. The molecule has 9 nitrogen and oxygen atoms in total. The highest BCUT2D eigenvalue weighted by atomic mass is 35.5. The predicted octanol–water partition coefficient (Wildman–Crippen LogP) is 4.50. The molecule has 11 heteroatoms. The van der Waals surface area contributed by atoms with E-state index in [0.717, 1.165) is 22.2 Å². The number of hydrogen-bond acceptors (Lipinski definition) is 8. The van der Waals surface area contributed by atoms with E-state index >= 15 is 0 Å². The van der Waals surface area contributed by atoms with Gasteiger partial charge in [0.2, 0.25) is 0 Å². The van der Waals surface area contributed by atoms with E-state index in [2.05, 4.69) is 30.6 Å². The summed E-state index contributed by atoms with van der Waals surface area (Å²) in [6.45, 7) is 0.246. The molecule has 0 saturated heterocycles. The molecule has 1 unspecified atom stereocenters. The van der Waals surface area contributed by atoms with Crippen LogP contribution in [0.25, 0.3) is 10.9 Å². The Kier molecular flexibility index (Phi) is 6.04. The zero-order valence-electron chi connectivity index (χ0n) is 17.7. The van der Waals surface area contributed by atoms with E-state index in [1.54, 1.807) is 12.1 Å². The maximum absolute atomic E-state index is 13.1. The number of aromatic nitrogens is 2. The molecule has 1 atom stereocenters. The fraction of sp³-hybridized carbons (Fsp3) is 0.174. The number of amides is 1. The monoisotopic (exact) mass is 493 g/mol. The highest BCUT2D eigenvalue weighted by Crippen LogP contribution is 2.31. The fourth-order valence-corrected chi connectivity index (χ4v) is 4.12. The number of halogens is 2. The SMILES string of the molecule is O=C(Cc1ccc2ncnc(Nc3cccc(Cl)c3)c2c1)C1=C2N=NN(CCCl)C(=O)C2C=N1. The number of fused-ring (bicyclic) bond motifs is 2. The average Bonchev–Trinajstić information content (AvgIpc) is 3.27. The lowest BCUT2D eigenvalue weighted by molar-refractivity contribution is -0.133. The number of allylic oxidation sites excluding steroid dienone is 1. The maximum Gasteiger partial charge on any atom is 0.258 e. The minimum Gasteiger partial charge on any atom is -0.340 e. The summed E-state index contributed by atoms with van der Waals surface area (Å²) in [5, 5.41) is 13.7. The summed E-state index contributed by atoms with van der Waals surface area (Å²) < 4.78 is 0. The van der Waals surface area contributed by atoms with Crippen LogP contribution in [0.2, 0.25) is 5.02 Å². The van der Waals surface area contributed by atoms with Crippen LogP contribution >= 0.6 is 23.2 Å². The van der Waals surface area contributed by atoms with Gasteiger partial charge >= 0.3 is 0 Å². The van der Waals surface area contributed by atoms with Gasteiger partial charge in [-0.15, -0.1) is 16.7 Å². The van der Waals surface area contributed by atoms with Crippen LogP contribution in [0.4, 0.5) is 11.5 Å². The first kappa shape index (κ1) is 22.1. The van der Waals surface area contributed by atoms with Gasteiger partial charge < -0.3 is 5.32 Å². The molecule has 0 radical (unpaired) electrons. The van der Waals surface area contributed by atoms with Crippen molar-refractivity contribution >= 4 is 63.5 Å². The summed E-state index contributed by atoms with van der Waals surface area (Å²) in [6.07, 6.45) is 2.98. The molecule has 1 N–H and O–H groups in total. The van der Waals surface area contributed by atoms with Crippen LogP contribution in [0.1, 0.15) is 5.56 Å². The van der Waals surface area contributed by atoms with Crippen LogP contribution in [0, 0.1) is 5.92 Å². The molecule has 2 aliphatic rings. The third kappa shape index (κ3) is 4.27. The predicted molar refractivity (Wildman–Crippen MR) is 129 cm³/mol. The van der Waals surface area contributed by atoms with Crippen molar-refractivity contribution in [1.29, 1.82) is 0 Å². The number of carbonyl (C=O) groups is 2. The summed E-state index contributed by atoms with van der Waals surface area (Å²) in [7, 11) is 0. The van der Waals surface area contributed by atoms with Gasteiger partial charge in [0.05, 0.1) is 12.1 Å². The highest BCUT2D eigenvalue weighted by Gasteiger charge is 2.37. The first-order valence-electron chi connectivity index (χ1n) is 10.4. The van der Waals surface area contributed by atoms with Crippen molar-refractivity contribution in [2.24, 2.45) is 21.2 Å². The number of hydrogen-bond donors (Lipinski definition) is 1. The lowest BCUT2D eigenvalue weighted by Gasteiger charge is -2.21. The average molecular weight is 494 g/mol. The number of carbonyl (C=O) groups excluding carboxylic acids is 2. The Morgan fingerprint density at radius 2 is 2.03 bits per heavy atom. The normalized spacial score (nSPS) is 16.9. The highest BCUT2D eigenvalue weighted by molar-refractivity contribution is 6.30. The van der Waals surface area contributed by atoms with Gasteiger partial charge in [-0.1, -0.05) is 29.0 Å². The van der Waals surface area contributed by atoms with Crippen molar-refractivity contribution in [3.8, 4) is 0 Å². The Hall–Kier alpha value is -3.69. The molecule has 0 aliphatic carbocycles. The van der Waals surface area contributed by atoms with E-state index in [-0.39, 0.29) is 41.9 Å². The van der Waals surface area contributed by atoms with Crippen molar-refractivity contribution in [3.63, 3.8) is 0 Å². The van der Waals surface area contributed by atoms with Crippen LogP contribution in [0.3, 0.4) is 0 Å². The van der Waals surface area contributed by atoms with Crippen LogP contribution in [-0.4, -0.2) is 45.3 Å². The lowest BCUT2D eigenvalue weighted by Crippen LogP contribution is -2.36. The maximum atomic E-state index is 13.1. The number of aliphatic imine (C=N–C) groups is 1. The molecular weight excluding hydrogens is 477 g/mol. The quantitative estimate of drug-likeness (QED) is 0.486. The van der Waals surface area contributed by atoms with Gasteiger partial charge in [-0.25, -0.2) is 15.0 Å². The van der Waals surface area contributed by atoms with E-state index in [1.807, 2.05) is 30.3 Å². The third-order valence-electron chi connectivity index (χ3n) is 5.38. The molecule has 0 saturated carbocycles. The summed E-state index contributed by atoms with van der Waals surface area (Å²) >= 11 is 11.8. The van der Waals surface area contributed by atoms with E-state index in [9.17, 15) is 9.59 Å². The Bertz CT molecular complexity index is 1400. The number of rotatable bonds is 7. The molecule has 1 aromatic heterocycles. The van der Waals surface area contributed by atoms with Crippen molar-refractivity contribution < 1.29 is 9.59 Å². The standard InChI is InChI=1S/C23H17Cl2N7O2/c24-6-7-32-23(34)17-11-26-21(20(17)30-31-32)19(33)9-13-4-5-18-16(8-13)22(28-12-27-18)29-15-3-1-2-14(25)10-15/h1-5,8,10-12,17H,6-7,9H2,(H,27,28,29). The number of Topliss-reactive ketones (excluding diaryl/α,β-unsaturated/α-hetero) is 1. The van der Waals surface area contributed by atoms with Crippen molar-refractivity contribution in [2.75, 3.05) is 17.7 Å². The first-order chi connectivity index (χ1) is 16.5. The Balaban J connectivity index is 1.41. The third-order valence-corrected chi connectivity index (χ3v) is 5.79. The second-order valence-corrected chi connectivity index (χ2v) is 8.45. The lowest BCUT2D eigenvalue weighted by atomic mass is 10.0. The topological polar surface area (TPSA) is 112 Å². The summed E-state index contributed by atoms with van der Waals surface area (Å²) in [4.78, 5) is 38.4.